The third kappa shape index (κ3) is 4.78. The molecular formula is C60Cl22. The van der Waals surface area contributed by atoms with Crippen molar-refractivity contribution in [1.82, 2.24) is 0 Å². The predicted molar refractivity (Wildman–Crippen MR) is 372 cm³/mol. The van der Waals surface area contributed by atoms with Gasteiger partial charge in [0.15, 0.2) is 0 Å². The van der Waals surface area contributed by atoms with Gasteiger partial charge in [-0.2, -0.15) is 0 Å². The number of hydrogen-bond donors (Lipinski definition) is 0. The van der Waals surface area contributed by atoms with Gasteiger partial charge in [-0.1, -0.05) is 255 Å². The van der Waals surface area contributed by atoms with E-state index in [1.807, 2.05) is 0 Å². The number of benzene rings is 20. The highest BCUT2D eigenvalue weighted by atomic mass is 35.5. The molecule has 0 N–H and O–H groups in total. The molecule has 20 rings (SSSR count). The molecule has 0 saturated carbocycles. The molecule has 0 fully saturated rings. The Bertz CT molecular complexity index is 5880. The van der Waals surface area contributed by atoms with Crippen molar-refractivity contribution in [2.75, 3.05) is 0 Å². The van der Waals surface area contributed by atoms with E-state index < -0.39 is 0 Å². The smallest absolute Gasteiger partial charge is 0.0791 e. The Morgan fingerprint density at radius 1 is 0.0610 bits per heavy atom. The van der Waals surface area contributed by atoms with Crippen molar-refractivity contribution < 1.29 is 0 Å². The highest BCUT2D eigenvalue weighted by Gasteiger charge is 2.43. The van der Waals surface area contributed by atoms with Crippen LogP contribution in [-0.2, 0) is 0 Å². The summed E-state index contributed by atoms with van der Waals surface area (Å²) in [7, 11) is 0. The molecule has 0 bridgehead atoms. The average molecular weight is 1500 g/mol. The third-order valence-corrected chi connectivity index (χ3v) is 28.1. The van der Waals surface area contributed by atoms with Gasteiger partial charge in [0.05, 0.1) is 110 Å². The standard InChI is InChI=1S/C60Cl22/c61-39-23-13-3-1-2-5-9-12-10-6(2)16-14-4(1)8-11-7(3)17-27(23)43(65)55(77)47(69)31(17)35-21(11)36(52(74)59(81)51(35)73)32-18(8)28(44(66)56(78)48(32)70)24(14)40(62)42(64)26(16)30-20(10)34(50(72)58(80)46(30)68)38-22(12)37(53(75)60(82)54(38)76)33-19(9)29(25(15(5)13)41(39)63)45(67)57(79)49(33)71. The Kier molecular flexibility index (Phi) is 9.67. The Balaban J connectivity index is 1.35. The van der Waals surface area contributed by atoms with Crippen LogP contribution >= 0.6 is 255 Å². The number of fused-ring (bicyclic) bond motifs is 8. The molecule has 0 aliphatic carbocycles. The van der Waals surface area contributed by atoms with Gasteiger partial charge in [-0.25, -0.2) is 0 Å². The van der Waals surface area contributed by atoms with E-state index in [4.69, 9.17) is 255 Å². The summed E-state index contributed by atoms with van der Waals surface area (Å²) in [5, 5.41) is 21.8. The maximum atomic E-state index is 8.02. The minimum atomic E-state index is -0.0120. The molecule has 0 radical (unpaired) electrons. The lowest BCUT2D eigenvalue weighted by molar-refractivity contribution is 1.80. The minimum absolute atomic E-state index is 0.00652. The van der Waals surface area contributed by atoms with Gasteiger partial charge in [0.25, 0.3) is 0 Å². The van der Waals surface area contributed by atoms with Gasteiger partial charge in [0, 0.05) is 205 Å². The van der Waals surface area contributed by atoms with Gasteiger partial charge in [-0.15, -0.1) is 0 Å². The van der Waals surface area contributed by atoms with Crippen LogP contribution in [0.3, 0.4) is 0 Å². The summed E-state index contributed by atoms with van der Waals surface area (Å²) in [5.41, 5.74) is 0. The zero-order valence-corrected chi connectivity index (χ0v) is 54.9. The lowest BCUT2D eigenvalue weighted by Gasteiger charge is -2.35. The van der Waals surface area contributed by atoms with Crippen LogP contribution < -0.4 is 0 Å². The normalized spacial score (nSPS) is 14.0. The van der Waals surface area contributed by atoms with E-state index in [1.54, 1.807) is 0 Å². The predicted octanol–water partition coefficient (Wildman–Crippen LogP) is 31.8. The van der Waals surface area contributed by atoms with Gasteiger partial charge >= 0.3 is 0 Å². The van der Waals surface area contributed by atoms with E-state index in [2.05, 4.69) is 0 Å². The second kappa shape index (κ2) is 15.4. The van der Waals surface area contributed by atoms with E-state index in [0.29, 0.717) is 194 Å². The molecule has 20 aromatic rings. The highest BCUT2D eigenvalue weighted by molar-refractivity contribution is 6.77. The second-order valence-electron chi connectivity index (χ2n) is 21.2. The van der Waals surface area contributed by atoms with Crippen LogP contribution in [0.5, 0.6) is 0 Å². The lowest BCUT2D eigenvalue weighted by Crippen LogP contribution is -2.06. The fourth-order valence-corrected chi connectivity index (χ4v) is 22.1. The van der Waals surface area contributed by atoms with Crippen molar-refractivity contribution in [2.24, 2.45) is 0 Å². The summed E-state index contributed by atoms with van der Waals surface area (Å²) in [6, 6.07) is 0. The van der Waals surface area contributed by atoms with Crippen LogP contribution in [0.15, 0.2) is 0 Å². The summed E-state index contributed by atoms with van der Waals surface area (Å²) in [4.78, 5) is 0. The van der Waals surface area contributed by atoms with Gasteiger partial charge < -0.3 is 0 Å². The molecule has 0 saturated heterocycles. The van der Waals surface area contributed by atoms with Crippen LogP contribution in [0.2, 0.25) is 110 Å². The molecule has 20 aromatic carbocycles. The fourth-order valence-electron chi connectivity index (χ4n) is 16.1. The van der Waals surface area contributed by atoms with Crippen molar-refractivity contribution in [3.63, 3.8) is 0 Å². The Labute approximate surface area is 563 Å². The van der Waals surface area contributed by atoms with E-state index >= 15 is 0 Å². The van der Waals surface area contributed by atoms with E-state index in [1.165, 1.54) is 0 Å². The van der Waals surface area contributed by atoms with Crippen LogP contribution in [-0.4, -0.2) is 0 Å². The molecule has 0 aliphatic heterocycles. The molecule has 0 spiro atoms. The van der Waals surface area contributed by atoms with Crippen LogP contribution in [0, 0.1) is 0 Å². The Morgan fingerprint density at radius 2 is 0.110 bits per heavy atom. The summed E-state index contributed by atoms with van der Waals surface area (Å²) < 4.78 is 0. The molecule has 0 nitrogen and oxygen atoms in total. The van der Waals surface area contributed by atoms with Crippen LogP contribution in [0.1, 0.15) is 0 Å². The molecule has 0 heterocycles. The molecule has 22 heteroatoms. The first-order chi connectivity index (χ1) is 39.0. The number of halogens is 22. The quantitative estimate of drug-likeness (QED) is 0.0806. The molecule has 0 aliphatic rings. The van der Waals surface area contributed by atoms with Gasteiger partial charge in [0.1, 0.15) is 0 Å². The maximum Gasteiger partial charge on any atom is 0.0791 e. The lowest BCUT2D eigenvalue weighted by atomic mass is 9.69. The number of hydrogen-bond acceptors (Lipinski definition) is 0. The van der Waals surface area contributed by atoms with Gasteiger partial charge in [0.2, 0.25) is 0 Å². The van der Waals surface area contributed by atoms with Crippen molar-refractivity contribution in [3.8, 4) is 0 Å². The van der Waals surface area contributed by atoms with Crippen molar-refractivity contribution >= 4 is 460 Å². The average Bonchev–Trinajstić information content (AvgIpc) is 0.705. The topological polar surface area (TPSA) is 0 Å². The van der Waals surface area contributed by atoms with Gasteiger partial charge in [-0.05, 0) is 0 Å². The Hall–Kier alpha value is -1.42. The molecule has 0 amide bonds. The monoisotopic (exact) mass is 1490 g/mol. The molecule has 0 unspecified atom stereocenters. The fraction of sp³-hybridized carbons (Fsp3) is 0. The summed E-state index contributed by atoms with van der Waals surface area (Å²) in [6.07, 6.45) is 0. The van der Waals surface area contributed by atoms with Crippen LogP contribution in [0.4, 0.5) is 0 Å². The van der Waals surface area contributed by atoms with Crippen molar-refractivity contribution in [3.05, 3.63) is 110 Å². The molecule has 0 aromatic heterocycles. The van der Waals surface area contributed by atoms with Crippen LogP contribution in [0.25, 0.3) is 205 Å². The third-order valence-electron chi connectivity index (χ3n) is 18.5. The first-order valence-corrected chi connectivity index (χ1v) is 32.2. The van der Waals surface area contributed by atoms with Crippen molar-refractivity contribution in [2.45, 2.75) is 0 Å². The molecule has 394 valence electrons. The molecule has 82 heavy (non-hydrogen) atoms. The minimum Gasteiger partial charge on any atom is -0.0820 e. The SMILES string of the molecule is Clc1c(Cl)c2c3c(Cl)c(Cl)c(Cl)c4c5c(Cl)c(Cl)c6c7c(Cl)c(Cl)c(Cl)c8c9c(Cl)c(Cl)c(Cl)c%10c%11c(Cl)c(Cl)c(Cl)c%12c%13c(Cl)c(Cl)c%14c%15c(Cl)c(Cl)c(Cl)c%16c(c1Cl)c2c1c(c34)c2c5c6c3c(c87)c(c9%10)c(c%11%12)c4c%13c%14c(c1c%16%15)c2c34. The second-order valence-corrected chi connectivity index (χ2v) is 29.5. The zero-order valence-electron chi connectivity index (χ0n) is 38.3. The summed E-state index contributed by atoms with van der Waals surface area (Å²) in [6.45, 7) is 0. The number of rotatable bonds is 0. The van der Waals surface area contributed by atoms with Gasteiger partial charge in [-0.3, -0.25) is 0 Å². The zero-order chi connectivity index (χ0) is 56.6. The molecular weight excluding hydrogens is 1500 g/mol. The summed E-state index contributed by atoms with van der Waals surface area (Å²) >= 11 is 169. The van der Waals surface area contributed by atoms with E-state index in [0.717, 1.165) is 10.8 Å². The van der Waals surface area contributed by atoms with E-state index in [9.17, 15) is 0 Å². The summed E-state index contributed by atoms with van der Waals surface area (Å²) in [5.74, 6) is 0. The highest BCUT2D eigenvalue weighted by Crippen LogP contribution is 2.72. The first kappa shape index (κ1) is 51.5. The largest absolute Gasteiger partial charge is 0.0820 e. The van der Waals surface area contributed by atoms with E-state index in [-0.39, 0.29) is 110 Å². The first-order valence-electron chi connectivity index (χ1n) is 23.9. The van der Waals surface area contributed by atoms with Crippen molar-refractivity contribution in [1.29, 1.82) is 0 Å². The maximum absolute atomic E-state index is 8.02. The Morgan fingerprint density at radius 3 is 0.195 bits per heavy atom. The molecule has 0 atom stereocenters.